The van der Waals surface area contributed by atoms with E-state index in [-0.39, 0.29) is 18.7 Å². The van der Waals surface area contributed by atoms with Gasteiger partial charge in [-0.15, -0.1) is 0 Å². The summed E-state index contributed by atoms with van der Waals surface area (Å²) < 4.78 is 10.8. The molecule has 1 saturated heterocycles. The number of piperidine rings is 1. The average Bonchev–Trinajstić information content (AvgIpc) is 3.30. The fourth-order valence-corrected chi connectivity index (χ4v) is 4.71. The maximum atomic E-state index is 13.5. The number of benzene rings is 3. The van der Waals surface area contributed by atoms with Gasteiger partial charge < -0.3 is 14.8 Å². The van der Waals surface area contributed by atoms with E-state index >= 15 is 0 Å². The summed E-state index contributed by atoms with van der Waals surface area (Å²) in [5, 5.41) is 3.10. The van der Waals surface area contributed by atoms with Crippen LogP contribution in [0.2, 0.25) is 0 Å². The molecule has 1 atom stereocenters. The van der Waals surface area contributed by atoms with Gasteiger partial charge >= 0.3 is 0 Å². The minimum Gasteiger partial charge on any atom is -0.454 e. The highest BCUT2D eigenvalue weighted by Crippen LogP contribution is 2.35. The van der Waals surface area contributed by atoms with Crippen molar-refractivity contribution in [2.45, 2.75) is 25.3 Å². The normalized spacial score (nSPS) is 17.1. The zero-order valence-electron chi connectivity index (χ0n) is 18.1. The van der Waals surface area contributed by atoms with Crippen LogP contribution < -0.4 is 14.8 Å². The number of nitrogens with zero attached hydrogens (tertiary/aromatic N) is 1. The van der Waals surface area contributed by atoms with E-state index in [1.54, 1.807) is 0 Å². The molecule has 1 N–H and O–H groups in total. The zero-order valence-corrected chi connectivity index (χ0v) is 18.1. The van der Waals surface area contributed by atoms with E-state index in [9.17, 15) is 4.79 Å². The molecule has 0 saturated carbocycles. The first-order chi connectivity index (χ1) is 15.8. The average molecular weight is 429 g/mol. The van der Waals surface area contributed by atoms with Gasteiger partial charge in [-0.25, -0.2) is 0 Å². The van der Waals surface area contributed by atoms with Crippen LogP contribution in [0.4, 0.5) is 5.69 Å². The number of hydrogen-bond acceptors (Lipinski definition) is 4. The van der Waals surface area contributed by atoms with E-state index < -0.39 is 0 Å². The largest absolute Gasteiger partial charge is 0.454 e. The maximum Gasteiger partial charge on any atom is 0.246 e. The van der Waals surface area contributed by atoms with Crippen LogP contribution in [0.1, 0.15) is 30.0 Å². The summed E-state index contributed by atoms with van der Waals surface area (Å²) in [5.74, 6) is 2.02. The molecule has 3 aromatic carbocycles. The number of carbonyl (C=O) groups is 1. The molecule has 2 aliphatic heterocycles. The summed E-state index contributed by atoms with van der Waals surface area (Å²) in [5.41, 5.74) is 3.14. The van der Waals surface area contributed by atoms with Gasteiger partial charge in [0, 0.05) is 11.8 Å². The van der Waals surface area contributed by atoms with E-state index in [2.05, 4.69) is 40.5 Å². The van der Waals surface area contributed by atoms with Crippen LogP contribution in [0, 0.1) is 5.92 Å². The lowest BCUT2D eigenvalue weighted by atomic mass is 9.89. The highest BCUT2D eigenvalue weighted by Gasteiger charge is 2.31. The van der Waals surface area contributed by atoms with Crippen molar-refractivity contribution in [3.8, 4) is 11.5 Å². The Morgan fingerprint density at radius 3 is 2.34 bits per heavy atom. The van der Waals surface area contributed by atoms with Crippen LogP contribution in [-0.4, -0.2) is 30.7 Å². The molecule has 3 aromatic rings. The van der Waals surface area contributed by atoms with Crippen molar-refractivity contribution in [2.75, 3.05) is 25.2 Å². The summed E-state index contributed by atoms with van der Waals surface area (Å²) in [4.78, 5) is 15.8. The maximum absolute atomic E-state index is 13.5. The van der Waals surface area contributed by atoms with Crippen molar-refractivity contribution in [1.29, 1.82) is 0 Å². The standard InChI is InChI=1S/C27H28N2O3/c30-27(28-23-11-12-24-25(18-23)32-19-31-24)26(22-9-5-2-6-10-22)29-15-13-21(14-16-29)17-20-7-3-1-4-8-20/h1-12,18,21,26H,13-17,19H2,(H,28,30)/t26-/m0/s1. The minimum absolute atomic E-state index is 0.0171. The van der Waals surface area contributed by atoms with Crippen LogP contribution in [0.3, 0.4) is 0 Å². The molecule has 0 spiro atoms. The summed E-state index contributed by atoms with van der Waals surface area (Å²) in [7, 11) is 0. The van der Waals surface area contributed by atoms with E-state index in [0.717, 1.165) is 43.6 Å². The molecule has 1 amide bonds. The van der Waals surface area contributed by atoms with Crippen LogP contribution in [0.5, 0.6) is 11.5 Å². The van der Waals surface area contributed by atoms with Gasteiger partial charge in [-0.2, -0.15) is 0 Å². The fourth-order valence-electron chi connectivity index (χ4n) is 4.71. The van der Waals surface area contributed by atoms with Crippen molar-refractivity contribution in [2.24, 2.45) is 5.92 Å². The number of amides is 1. The van der Waals surface area contributed by atoms with Crippen LogP contribution in [-0.2, 0) is 11.2 Å². The highest BCUT2D eigenvalue weighted by molar-refractivity contribution is 5.95. The predicted molar refractivity (Wildman–Crippen MR) is 125 cm³/mol. The van der Waals surface area contributed by atoms with Crippen molar-refractivity contribution in [1.82, 2.24) is 4.90 Å². The van der Waals surface area contributed by atoms with Gasteiger partial charge in [0.25, 0.3) is 0 Å². The molecular formula is C27H28N2O3. The van der Waals surface area contributed by atoms with Crippen molar-refractivity contribution in [3.63, 3.8) is 0 Å². The Bertz CT molecular complexity index is 1050. The lowest BCUT2D eigenvalue weighted by Crippen LogP contribution is -2.42. The Kier molecular flexibility index (Phi) is 6.08. The number of anilines is 1. The Labute approximate surface area is 189 Å². The summed E-state index contributed by atoms with van der Waals surface area (Å²) >= 11 is 0. The van der Waals surface area contributed by atoms with Crippen LogP contribution >= 0.6 is 0 Å². The van der Waals surface area contributed by atoms with Gasteiger partial charge in [-0.3, -0.25) is 9.69 Å². The second kappa shape index (κ2) is 9.45. The van der Waals surface area contributed by atoms with Crippen molar-refractivity contribution >= 4 is 11.6 Å². The number of hydrogen-bond donors (Lipinski definition) is 1. The highest BCUT2D eigenvalue weighted by atomic mass is 16.7. The van der Waals surface area contributed by atoms with E-state index in [4.69, 9.17) is 9.47 Å². The van der Waals surface area contributed by atoms with E-state index in [1.165, 1.54) is 5.56 Å². The van der Waals surface area contributed by atoms with Crippen LogP contribution in [0.15, 0.2) is 78.9 Å². The molecule has 0 aliphatic carbocycles. The predicted octanol–water partition coefficient (Wildman–Crippen LogP) is 5.05. The van der Waals surface area contributed by atoms with Gasteiger partial charge in [-0.1, -0.05) is 60.7 Å². The molecule has 5 nitrogen and oxygen atoms in total. The molecule has 0 radical (unpaired) electrons. The van der Waals surface area contributed by atoms with Crippen LogP contribution in [0.25, 0.3) is 0 Å². The van der Waals surface area contributed by atoms with Gasteiger partial charge in [-0.05, 0) is 61.5 Å². The number of carbonyl (C=O) groups excluding carboxylic acids is 1. The number of rotatable bonds is 6. The Morgan fingerprint density at radius 1 is 0.906 bits per heavy atom. The monoisotopic (exact) mass is 428 g/mol. The Hall–Kier alpha value is -3.31. The third kappa shape index (κ3) is 4.63. The second-order valence-electron chi connectivity index (χ2n) is 8.54. The smallest absolute Gasteiger partial charge is 0.246 e. The molecule has 0 aromatic heterocycles. The summed E-state index contributed by atoms with van der Waals surface area (Å²) in [6.45, 7) is 2.04. The minimum atomic E-state index is -0.320. The lowest BCUT2D eigenvalue weighted by molar-refractivity contribution is -0.122. The lowest BCUT2D eigenvalue weighted by Gasteiger charge is -2.37. The molecule has 1 fully saturated rings. The zero-order chi connectivity index (χ0) is 21.8. The number of likely N-dealkylation sites (tertiary alicyclic amines) is 1. The van der Waals surface area contributed by atoms with Gasteiger partial charge in [0.05, 0.1) is 0 Å². The number of fused-ring (bicyclic) bond motifs is 1. The Balaban J connectivity index is 1.29. The summed E-state index contributed by atoms with van der Waals surface area (Å²) in [6, 6.07) is 26.0. The van der Waals surface area contributed by atoms with Crippen molar-refractivity contribution < 1.29 is 14.3 Å². The quantitative estimate of drug-likeness (QED) is 0.597. The van der Waals surface area contributed by atoms with Gasteiger partial charge in [0.2, 0.25) is 12.7 Å². The van der Waals surface area contributed by atoms with Gasteiger partial charge in [0.15, 0.2) is 11.5 Å². The molecule has 2 heterocycles. The topological polar surface area (TPSA) is 50.8 Å². The molecule has 2 aliphatic rings. The molecule has 32 heavy (non-hydrogen) atoms. The van der Waals surface area contributed by atoms with Gasteiger partial charge in [0.1, 0.15) is 6.04 Å². The van der Waals surface area contributed by atoms with Crippen molar-refractivity contribution in [3.05, 3.63) is 90.0 Å². The third-order valence-corrected chi connectivity index (χ3v) is 6.39. The Morgan fingerprint density at radius 2 is 1.59 bits per heavy atom. The molecule has 0 bridgehead atoms. The molecule has 0 unspecified atom stereocenters. The number of ether oxygens (including phenoxy) is 2. The first kappa shape index (κ1) is 20.6. The second-order valence-corrected chi connectivity index (χ2v) is 8.54. The molecule has 5 rings (SSSR count). The first-order valence-electron chi connectivity index (χ1n) is 11.3. The first-order valence-corrected chi connectivity index (χ1v) is 11.3. The molecule has 164 valence electrons. The summed E-state index contributed by atoms with van der Waals surface area (Å²) in [6.07, 6.45) is 3.29. The molecule has 5 heteroatoms. The number of nitrogens with one attached hydrogen (secondary N) is 1. The van der Waals surface area contributed by atoms with E-state index in [0.29, 0.717) is 17.4 Å². The fraction of sp³-hybridized carbons (Fsp3) is 0.296. The van der Waals surface area contributed by atoms with E-state index in [1.807, 2.05) is 48.5 Å². The molecular weight excluding hydrogens is 400 g/mol. The third-order valence-electron chi connectivity index (χ3n) is 6.39. The SMILES string of the molecule is O=C(Nc1ccc2c(c1)OCO2)[C@H](c1ccccc1)N1CCC(Cc2ccccc2)CC1.